The van der Waals surface area contributed by atoms with Crippen LogP contribution < -0.4 is 5.32 Å². The minimum Gasteiger partial charge on any atom is -0.479 e. The molecule has 0 aromatic heterocycles. The zero-order valence-corrected chi connectivity index (χ0v) is 18.8. The number of alkyl carbamates (subject to hydrolysis) is 1. The molecule has 1 saturated carbocycles. The number of nitrogens with one attached hydrogen (secondary N) is 1. The van der Waals surface area contributed by atoms with Crippen LogP contribution in [0.1, 0.15) is 50.2 Å². The van der Waals surface area contributed by atoms with Gasteiger partial charge in [0.2, 0.25) is 5.91 Å². The molecule has 3 aliphatic rings. The number of nitrogens with zero attached hydrogens (tertiary/aromatic N) is 1. The van der Waals surface area contributed by atoms with Crippen molar-refractivity contribution >= 4 is 18.0 Å². The first kappa shape index (κ1) is 21.5. The Morgan fingerprint density at radius 2 is 1.70 bits per heavy atom. The Morgan fingerprint density at radius 1 is 1.09 bits per heavy atom. The Morgan fingerprint density at radius 3 is 2.30 bits per heavy atom. The molecule has 2 aromatic rings. The summed E-state index contributed by atoms with van der Waals surface area (Å²) in [5.74, 6) is -1.43. The van der Waals surface area contributed by atoms with E-state index in [0.717, 1.165) is 35.1 Å². The van der Waals surface area contributed by atoms with E-state index >= 15 is 0 Å². The number of hydrogen-bond acceptors (Lipinski definition) is 4. The molecule has 0 unspecified atom stereocenters. The minimum absolute atomic E-state index is 0.00189. The van der Waals surface area contributed by atoms with E-state index in [2.05, 4.69) is 17.4 Å². The Hall–Kier alpha value is -3.35. The first-order valence-corrected chi connectivity index (χ1v) is 11.4. The number of aliphatic carboxylic acids is 1. The molecule has 5 rings (SSSR count). The molecule has 2 N–H and O–H groups in total. The van der Waals surface area contributed by atoms with Crippen LogP contribution in [-0.4, -0.2) is 52.2 Å². The maximum atomic E-state index is 13.3. The van der Waals surface area contributed by atoms with Gasteiger partial charge in [-0.05, 0) is 61.3 Å². The fourth-order valence-electron chi connectivity index (χ4n) is 5.62. The predicted molar refractivity (Wildman–Crippen MR) is 122 cm³/mol. The van der Waals surface area contributed by atoms with Gasteiger partial charge in [0.25, 0.3) is 0 Å². The summed E-state index contributed by atoms with van der Waals surface area (Å²) in [6, 6.07) is 16.2. The predicted octanol–water partition coefficient (Wildman–Crippen LogP) is 3.77. The summed E-state index contributed by atoms with van der Waals surface area (Å²) in [7, 11) is 0. The Labute approximate surface area is 192 Å². The standard InChI is InChI=1S/C26H28N2O5/c1-25(2,22(29)28-13-7-8-16-14-26(16,28)23(30)31)27-24(32)33-15-21-19-11-5-3-9-17(19)18-10-4-6-12-20(18)21/h3-6,9-12,16,21H,7-8,13-15H2,1-2H3,(H,27,32)(H,30,31)/t16-,26+/m0/s1. The van der Waals surface area contributed by atoms with Crippen LogP contribution in [-0.2, 0) is 14.3 Å². The molecule has 2 aromatic carbocycles. The maximum absolute atomic E-state index is 13.3. The summed E-state index contributed by atoms with van der Waals surface area (Å²) in [5, 5.41) is 12.4. The quantitative estimate of drug-likeness (QED) is 0.726. The van der Waals surface area contributed by atoms with Crippen molar-refractivity contribution in [3.8, 4) is 11.1 Å². The van der Waals surface area contributed by atoms with Gasteiger partial charge < -0.3 is 20.1 Å². The van der Waals surface area contributed by atoms with E-state index in [4.69, 9.17) is 4.74 Å². The summed E-state index contributed by atoms with van der Waals surface area (Å²) in [6.45, 7) is 3.73. The number of likely N-dealkylation sites (tertiary alicyclic amines) is 1. The summed E-state index contributed by atoms with van der Waals surface area (Å²) in [6.07, 6.45) is 1.38. The van der Waals surface area contributed by atoms with Crippen molar-refractivity contribution in [2.75, 3.05) is 13.2 Å². The number of piperidine rings is 1. The number of fused-ring (bicyclic) bond motifs is 4. The van der Waals surface area contributed by atoms with Crippen molar-refractivity contribution in [1.29, 1.82) is 0 Å². The molecule has 0 bridgehead atoms. The van der Waals surface area contributed by atoms with Crippen molar-refractivity contribution in [2.24, 2.45) is 5.92 Å². The third kappa shape index (κ3) is 3.37. The molecule has 2 aliphatic carbocycles. The molecule has 1 saturated heterocycles. The van der Waals surface area contributed by atoms with Gasteiger partial charge >= 0.3 is 12.1 Å². The van der Waals surface area contributed by atoms with Gasteiger partial charge in [0.15, 0.2) is 0 Å². The Balaban J connectivity index is 1.27. The second-order valence-electron chi connectivity index (χ2n) is 9.81. The number of carbonyl (C=O) groups excluding carboxylic acids is 2. The van der Waals surface area contributed by atoms with Crippen molar-refractivity contribution in [3.63, 3.8) is 0 Å². The molecule has 172 valence electrons. The van der Waals surface area contributed by atoms with Gasteiger partial charge in [-0.1, -0.05) is 48.5 Å². The van der Waals surface area contributed by atoms with Crippen molar-refractivity contribution in [3.05, 3.63) is 59.7 Å². The second kappa shape index (κ2) is 7.61. The van der Waals surface area contributed by atoms with Gasteiger partial charge in [-0.3, -0.25) is 4.79 Å². The lowest BCUT2D eigenvalue weighted by atomic mass is 9.96. The molecule has 1 aliphatic heterocycles. The number of benzene rings is 2. The molecule has 2 atom stereocenters. The smallest absolute Gasteiger partial charge is 0.408 e. The average Bonchev–Trinajstić information content (AvgIpc) is 3.48. The minimum atomic E-state index is -1.28. The monoisotopic (exact) mass is 448 g/mol. The molecule has 7 nitrogen and oxygen atoms in total. The van der Waals surface area contributed by atoms with E-state index in [1.54, 1.807) is 13.8 Å². The van der Waals surface area contributed by atoms with Gasteiger partial charge in [0.05, 0.1) is 0 Å². The molecule has 0 spiro atoms. The summed E-state index contributed by atoms with van der Waals surface area (Å²) < 4.78 is 5.59. The second-order valence-corrected chi connectivity index (χ2v) is 9.81. The number of amides is 2. The van der Waals surface area contributed by atoms with Crippen molar-refractivity contribution < 1.29 is 24.2 Å². The highest BCUT2D eigenvalue weighted by molar-refractivity contribution is 5.95. The van der Waals surface area contributed by atoms with Crippen LogP contribution in [0.2, 0.25) is 0 Å². The number of rotatable bonds is 5. The van der Waals surface area contributed by atoms with Crippen LogP contribution in [0.4, 0.5) is 4.79 Å². The molecule has 1 heterocycles. The molecular formula is C26H28N2O5. The number of carboxylic acid groups (broad SMARTS) is 1. The van der Waals surface area contributed by atoms with E-state index in [1.807, 2.05) is 36.4 Å². The number of carbonyl (C=O) groups is 3. The van der Waals surface area contributed by atoms with Crippen LogP contribution >= 0.6 is 0 Å². The lowest BCUT2D eigenvalue weighted by Gasteiger charge is -2.38. The topological polar surface area (TPSA) is 95.9 Å². The van der Waals surface area contributed by atoms with E-state index < -0.39 is 23.1 Å². The van der Waals surface area contributed by atoms with Gasteiger partial charge in [-0.2, -0.15) is 0 Å². The average molecular weight is 449 g/mol. The fourth-order valence-corrected chi connectivity index (χ4v) is 5.62. The third-order valence-corrected chi connectivity index (χ3v) is 7.40. The van der Waals surface area contributed by atoms with Gasteiger partial charge in [-0.25, -0.2) is 9.59 Å². The highest BCUT2D eigenvalue weighted by Crippen LogP contribution is 2.54. The van der Waals surface area contributed by atoms with Crippen LogP contribution in [0, 0.1) is 5.92 Å². The zero-order valence-electron chi connectivity index (χ0n) is 18.8. The first-order valence-electron chi connectivity index (χ1n) is 11.4. The first-order chi connectivity index (χ1) is 15.8. The maximum Gasteiger partial charge on any atom is 0.408 e. The molecule has 2 fully saturated rings. The van der Waals surface area contributed by atoms with Gasteiger partial charge in [0, 0.05) is 12.5 Å². The fraction of sp³-hybridized carbons (Fsp3) is 0.423. The lowest BCUT2D eigenvalue weighted by molar-refractivity contribution is -0.157. The van der Waals surface area contributed by atoms with Crippen molar-refractivity contribution in [2.45, 2.75) is 50.1 Å². The Bertz CT molecular complexity index is 1100. The highest BCUT2D eigenvalue weighted by atomic mass is 16.5. The third-order valence-electron chi connectivity index (χ3n) is 7.40. The molecule has 2 amide bonds. The van der Waals surface area contributed by atoms with E-state index in [1.165, 1.54) is 4.90 Å². The van der Waals surface area contributed by atoms with Gasteiger partial charge in [0.1, 0.15) is 17.7 Å². The normalized spacial score (nSPS) is 23.2. The SMILES string of the molecule is CC(C)(NC(=O)OCC1c2ccccc2-c2ccccc21)C(=O)N1CCC[C@H]2C[C@]21C(=O)O. The van der Waals surface area contributed by atoms with E-state index in [-0.39, 0.29) is 24.3 Å². The van der Waals surface area contributed by atoms with Crippen LogP contribution in [0.5, 0.6) is 0 Å². The zero-order chi connectivity index (χ0) is 23.4. The summed E-state index contributed by atoms with van der Waals surface area (Å²) in [4.78, 5) is 39.4. The molecule has 33 heavy (non-hydrogen) atoms. The van der Waals surface area contributed by atoms with Crippen LogP contribution in [0.3, 0.4) is 0 Å². The highest BCUT2D eigenvalue weighted by Gasteiger charge is 2.67. The Kier molecular flexibility index (Phi) is 4.96. The molecule has 7 heteroatoms. The number of hydrogen-bond donors (Lipinski definition) is 2. The number of ether oxygens (including phenoxy) is 1. The van der Waals surface area contributed by atoms with E-state index in [0.29, 0.717) is 13.0 Å². The summed E-state index contributed by atoms with van der Waals surface area (Å²) >= 11 is 0. The van der Waals surface area contributed by atoms with Crippen LogP contribution in [0.15, 0.2) is 48.5 Å². The van der Waals surface area contributed by atoms with E-state index in [9.17, 15) is 19.5 Å². The molecule has 0 radical (unpaired) electrons. The number of carboxylic acids is 1. The summed E-state index contributed by atoms with van der Waals surface area (Å²) in [5.41, 5.74) is 2.10. The van der Waals surface area contributed by atoms with Crippen molar-refractivity contribution in [1.82, 2.24) is 10.2 Å². The molecular weight excluding hydrogens is 420 g/mol. The largest absolute Gasteiger partial charge is 0.479 e. The van der Waals surface area contributed by atoms with Crippen LogP contribution in [0.25, 0.3) is 11.1 Å². The van der Waals surface area contributed by atoms with Gasteiger partial charge in [-0.15, -0.1) is 0 Å². The lowest BCUT2D eigenvalue weighted by Crippen LogP contribution is -2.62.